The summed E-state index contributed by atoms with van der Waals surface area (Å²) in [5.41, 5.74) is 1.23. The molecule has 0 bridgehead atoms. The molecule has 0 fully saturated rings. The van der Waals surface area contributed by atoms with Crippen molar-refractivity contribution in [3.05, 3.63) is 29.8 Å². The highest BCUT2D eigenvalue weighted by Crippen LogP contribution is 2.10. The summed E-state index contributed by atoms with van der Waals surface area (Å²) >= 11 is 0. The van der Waals surface area contributed by atoms with Crippen molar-refractivity contribution in [2.75, 3.05) is 19.6 Å². The third kappa shape index (κ3) is 7.45. The van der Waals surface area contributed by atoms with E-state index in [1.807, 2.05) is 6.92 Å². The molecular weight excluding hydrogens is 316 g/mol. The number of nitrogens with zero attached hydrogens (tertiary/aromatic N) is 2. The van der Waals surface area contributed by atoms with Crippen LogP contribution in [0.25, 0.3) is 0 Å². The van der Waals surface area contributed by atoms with Crippen LogP contribution in [0, 0.1) is 12.3 Å². The highest BCUT2D eigenvalue weighted by Gasteiger charge is 2.16. The molecule has 0 unspecified atom stereocenters. The normalized spacial score (nSPS) is 14.9. The summed E-state index contributed by atoms with van der Waals surface area (Å²) in [7, 11) is -4.02. The van der Waals surface area contributed by atoms with E-state index in [9.17, 15) is 8.42 Å². The fraction of sp³-hybridized carbons (Fsp3) is 0.533. The highest BCUT2D eigenvalue weighted by atomic mass is 32.2. The summed E-state index contributed by atoms with van der Waals surface area (Å²) < 4.78 is 29.6. The van der Waals surface area contributed by atoms with Crippen LogP contribution in [-0.2, 0) is 10.1 Å². The van der Waals surface area contributed by atoms with Gasteiger partial charge in [-0.05, 0) is 24.5 Å². The number of aryl methyl sites for hydroxylation is 1. The minimum absolute atomic E-state index is 0.0666. The molecule has 1 aliphatic rings. The van der Waals surface area contributed by atoms with Gasteiger partial charge in [0.15, 0.2) is 0 Å². The number of hydrogen-bond acceptors (Lipinski definition) is 6. The minimum Gasteiger partial charge on any atom is -0.355 e. The fourth-order valence-corrected chi connectivity index (χ4v) is 2.15. The Labute approximate surface area is 138 Å². The van der Waals surface area contributed by atoms with E-state index in [4.69, 9.17) is 10.4 Å². The fourth-order valence-electron chi connectivity index (χ4n) is 1.67. The van der Waals surface area contributed by atoms with Crippen molar-refractivity contribution < 1.29 is 13.0 Å². The van der Waals surface area contributed by atoms with Crippen LogP contribution in [0.5, 0.6) is 0 Å². The second-order valence-electron chi connectivity index (χ2n) is 6.60. The van der Waals surface area contributed by atoms with E-state index in [0.717, 1.165) is 31.2 Å². The number of guanidine groups is 1. The molecule has 0 saturated carbocycles. The van der Waals surface area contributed by atoms with Crippen LogP contribution in [0.15, 0.2) is 34.2 Å². The van der Waals surface area contributed by atoms with Gasteiger partial charge in [-0.2, -0.15) is 8.42 Å². The van der Waals surface area contributed by atoms with Gasteiger partial charge >= 0.3 is 0 Å². The highest BCUT2D eigenvalue weighted by molar-refractivity contribution is 7.85. The van der Waals surface area contributed by atoms with Crippen LogP contribution in [0.1, 0.15) is 26.3 Å². The number of hydrogen-bond donors (Lipinski definition) is 3. The number of aliphatic imine (C=N–C) groups is 1. The van der Waals surface area contributed by atoms with Crippen LogP contribution >= 0.6 is 0 Å². The first-order valence-electron chi connectivity index (χ1n) is 7.34. The molecule has 1 aliphatic heterocycles. The van der Waals surface area contributed by atoms with Crippen LogP contribution in [0.4, 0.5) is 0 Å². The summed E-state index contributed by atoms with van der Waals surface area (Å²) in [5, 5.41) is 4.88. The monoisotopic (exact) mass is 342 g/mol. The average Bonchev–Trinajstić information content (AvgIpc) is 2.81. The van der Waals surface area contributed by atoms with Crippen molar-refractivity contribution >= 4 is 16.1 Å². The zero-order valence-electron chi connectivity index (χ0n) is 14.1. The summed E-state index contributed by atoms with van der Waals surface area (Å²) in [5.74, 6) is 6.47. The average molecular weight is 342 g/mol. The molecule has 0 aromatic heterocycles. The van der Waals surface area contributed by atoms with Gasteiger partial charge in [-0.1, -0.05) is 38.5 Å². The maximum Gasteiger partial charge on any atom is 0.294 e. The van der Waals surface area contributed by atoms with E-state index in [1.165, 1.54) is 12.1 Å². The van der Waals surface area contributed by atoms with Gasteiger partial charge in [0.1, 0.15) is 0 Å². The molecule has 7 nitrogen and oxygen atoms in total. The van der Waals surface area contributed by atoms with Gasteiger partial charge in [-0.25, -0.2) is 5.84 Å². The molecule has 130 valence electrons. The Kier molecular flexibility index (Phi) is 6.55. The molecule has 0 amide bonds. The molecule has 0 aliphatic carbocycles. The molecule has 0 saturated heterocycles. The second-order valence-corrected chi connectivity index (χ2v) is 8.02. The van der Waals surface area contributed by atoms with Crippen LogP contribution in [-0.4, -0.2) is 43.6 Å². The Morgan fingerprint density at radius 3 is 2.26 bits per heavy atom. The Morgan fingerprint density at radius 1 is 1.30 bits per heavy atom. The standard InChI is InChI=1S/C8H18N4.C7H8O3S/c1-8(2,3)6-11-7-10-4-5-12(7)9;1-6-2-4-7(5-3-6)11(8,9)10/h4-6,9H2,1-3H3,(H,10,11);2-5H,1H3,(H,8,9,10). The first kappa shape index (κ1) is 19.4. The summed E-state index contributed by atoms with van der Waals surface area (Å²) in [6.45, 7) is 10.9. The van der Waals surface area contributed by atoms with Crippen molar-refractivity contribution in [2.45, 2.75) is 32.6 Å². The van der Waals surface area contributed by atoms with Gasteiger partial charge in [0.25, 0.3) is 10.1 Å². The smallest absolute Gasteiger partial charge is 0.294 e. The van der Waals surface area contributed by atoms with Gasteiger partial charge in [-0.15, -0.1) is 0 Å². The van der Waals surface area contributed by atoms with E-state index in [0.29, 0.717) is 0 Å². The summed E-state index contributed by atoms with van der Waals surface area (Å²) in [6.07, 6.45) is 0. The van der Waals surface area contributed by atoms with Crippen LogP contribution in [0.2, 0.25) is 0 Å². The zero-order valence-corrected chi connectivity index (χ0v) is 14.9. The van der Waals surface area contributed by atoms with Crippen LogP contribution < -0.4 is 11.2 Å². The van der Waals surface area contributed by atoms with Crippen LogP contribution in [0.3, 0.4) is 0 Å². The largest absolute Gasteiger partial charge is 0.355 e. The van der Waals surface area contributed by atoms with E-state index in [1.54, 1.807) is 17.1 Å². The molecule has 1 heterocycles. The molecule has 0 radical (unpaired) electrons. The maximum atomic E-state index is 10.5. The Bertz CT molecular complexity index is 634. The number of hydrazine groups is 1. The van der Waals surface area contributed by atoms with Gasteiger partial charge in [0, 0.05) is 6.54 Å². The SMILES string of the molecule is CC(C)(C)CNC1=NCCN1N.Cc1ccc(S(=O)(=O)O)cc1. The quantitative estimate of drug-likeness (QED) is 0.554. The van der Waals surface area contributed by atoms with E-state index in [-0.39, 0.29) is 10.3 Å². The lowest BCUT2D eigenvalue weighted by molar-refractivity contribution is 0.390. The Morgan fingerprint density at radius 2 is 1.87 bits per heavy atom. The third-order valence-corrected chi connectivity index (χ3v) is 3.84. The molecule has 4 N–H and O–H groups in total. The molecule has 0 atom stereocenters. The summed E-state index contributed by atoms with van der Waals surface area (Å²) in [4.78, 5) is 4.16. The molecule has 2 rings (SSSR count). The van der Waals surface area contributed by atoms with Gasteiger partial charge < -0.3 is 5.32 Å². The van der Waals surface area contributed by atoms with Gasteiger partial charge in [0.2, 0.25) is 5.96 Å². The van der Waals surface area contributed by atoms with Gasteiger partial charge in [-0.3, -0.25) is 14.6 Å². The first-order valence-corrected chi connectivity index (χ1v) is 8.78. The van der Waals surface area contributed by atoms with E-state index in [2.05, 4.69) is 31.1 Å². The number of rotatable bonds is 2. The number of benzene rings is 1. The lowest BCUT2D eigenvalue weighted by Gasteiger charge is -2.22. The predicted octanol–water partition coefficient (Wildman–Crippen LogP) is 1.41. The predicted molar refractivity (Wildman–Crippen MR) is 91.6 cm³/mol. The van der Waals surface area contributed by atoms with Crippen molar-refractivity contribution in [3.8, 4) is 0 Å². The summed E-state index contributed by atoms with van der Waals surface area (Å²) in [6, 6.07) is 5.99. The third-order valence-electron chi connectivity index (χ3n) is 2.97. The van der Waals surface area contributed by atoms with E-state index >= 15 is 0 Å². The Hall–Kier alpha value is -1.64. The zero-order chi connectivity index (χ0) is 17.7. The molecule has 0 spiro atoms. The molecule has 8 heteroatoms. The van der Waals surface area contributed by atoms with Crippen molar-refractivity contribution in [1.82, 2.24) is 10.3 Å². The van der Waals surface area contributed by atoms with E-state index < -0.39 is 10.1 Å². The first-order chi connectivity index (χ1) is 10.5. The molecule has 1 aromatic carbocycles. The molecular formula is C15H26N4O3S. The number of nitrogens with one attached hydrogen (secondary N) is 1. The minimum atomic E-state index is -4.02. The van der Waals surface area contributed by atoms with Gasteiger partial charge in [0.05, 0.1) is 18.0 Å². The molecule has 23 heavy (non-hydrogen) atoms. The second kappa shape index (κ2) is 7.76. The van der Waals surface area contributed by atoms with Crippen molar-refractivity contribution in [2.24, 2.45) is 16.3 Å². The topological polar surface area (TPSA) is 108 Å². The lowest BCUT2D eigenvalue weighted by Crippen LogP contribution is -2.45. The Balaban J connectivity index is 0.000000231. The van der Waals surface area contributed by atoms with Crippen molar-refractivity contribution in [1.29, 1.82) is 0 Å². The number of nitrogens with two attached hydrogens (primary N) is 1. The maximum absolute atomic E-state index is 10.5. The van der Waals surface area contributed by atoms with Crippen molar-refractivity contribution in [3.63, 3.8) is 0 Å². The lowest BCUT2D eigenvalue weighted by atomic mass is 9.97. The molecule has 1 aromatic rings.